The third-order valence-corrected chi connectivity index (χ3v) is 3.93. The molecule has 4 heteroatoms. The van der Waals surface area contributed by atoms with Crippen molar-refractivity contribution in [3.8, 4) is 0 Å². The number of carbonyl (C=O) groups is 1. The van der Waals surface area contributed by atoms with Gasteiger partial charge in [0.15, 0.2) is 0 Å². The third-order valence-electron chi connectivity index (χ3n) is 3.93. The molecule has 1 fully saturated rings. The zero-order chi connectivity index (χ0) is 15.3. The molecule has 2 rings (SSSR count). The van der Waals surface area contributed by atoms with Gasteiger partial charge in [0.25, 0.3) is 0 Å². The van der Waals surface area contributed by atoms with Gasteiger partial charge in [-0.2, -0.15) is 0 Å². The van der Waals surface area contributed by atoms with Gasteiger partial charge in [-0.1, -0.05) is 44.2 Å². The Morgan fingerprint density at radius 2 is 2.10 bits per heavy atom. The lowest BCUT2D eigenvalue weighted by molar-refractivity contribution is 0.0834. The number of aliphatic hydroxyl groups excluding tert-OH is 1. The van der Waals surface area contributed by atoms with E-state index in [-0.39, 0.29) is 17.6 Å². The van der Waals surface area contributed by atoms with E-state index in [2.05, 4.69) is 31.3 Å². The predicted octanol–water partition coefficient (Wildman–Crippen LogP) is 2.42. The van der Waals surface area contributed by atoms with E-state index in [1.54, 1.807) is 4.90 Å². The van der Waals surface area contributed by atoms with E-state index in [1.165, 1.54) is 5.56 Å². The summed E-state index contributed by atoms with van der Waals surface area (Å²) in [6, 6.07) is 10.3. The summed E-state index contributed by atoms with van der Waals surface area (Å²) in [5, 5.41) is 12.6. The highest BCUT2D eigenvalue weighted by atomic mass is 16.3. The van der Waals surface area contributed by atoms with Gasteiger partial charge in [0.2, 0.25) is 0 Å². The van der Waals surface area contributed by atoms with Gasteiger partial charge in [-0.25, -0.2) is 4.79 Å². The number of benzene rings is 1. The number of piperidine rings is 1. The summed E-state index contributed by atoms with van der Waals surface area (Å²) in [6.45, 7) is 6.14. The third kappa shape index (κ3) is 5.05. The van der Waals surface area contributed by atoms with Crippen LogP contribution in [0.3, 0.4) is 0 Å². The summed E-state index contributed by atoms with van der Waals surface area (Å²) in [4.78, 5) is 13.9. The topological polar surface area (TPSA) is 52.6 Å². The van der Waals surface area contributed by atoms with Gasteiger partial charge >= 0.3 is 6.03 Å². The minimum Gasteiger partial charge on any atom is -0.391 e. The maximum absolute atomic E-state index is 12.1. The first kappa shape index (κ1) is 15.8. The van der Waals surface area contributed by atoms with Crippen molar-refractivity contribution in [2.75, 3.05) is 19.6 Å². The van der Waals surface area contributed by atoms with Gasteiger partial charge in [-0.3, -0.25) is 0 Å². The first-order chi connectivity index (χ1) is 9.96. The first-order valence-electron chi connectivity index (χ1n) is 7.71. The minimum absolute atomic E-state index is 0.00537. The molecule has 1 heterocycles. The van der Waals surface area contributed by atoms with Crippen LogP contribution in [-0.4, -0.2) is 41.8 Å². The van der Waals surface area contributed by atoms with Gasteiger partial charge in [-0.15, -0.1) is 0 Å². The van der Waals surface area contributed by atoms with Crippen molar-refractivity contribution in [3.63, 3.8) is 0 Å². The largest absolute Gasteiger partial charge is 0.391 e. The molecule has 1 unspecified atom stereocenters. The summed E-state index contributed by atoms with van der Waals surface area (Å²) < 4.78 is 0. The molecule has 2 N–H and O–H groups in total. The molecular weight excluding hydrogens is 264 g/mol. The van der Waals surface area contributed by atoms with E-state index in [9.17, 15) is 9.90 Å². The molecule has 0 radical (unpaired) electrons. The van der Waals surface area contributed by atoms with Crippen molar-refractivity contribution in [2.45, 2.75) is 39.2 Å². The lowest BCUT2D eigenvalue weighted by Gasteiger charge is -2.32. The number of amides is 2. The Morgan fingerprint density at radius 1 is 1.38 bits per heavy atom. The maximum Gasteiger partial charge on any atom is 0.317 e. The Hall–Kier alpha value is -1.55. The van der Waals surface area contributed by atoms with E-state index >= 15 is 0 Å². The van der Waals surface area contributed by atoms with Gasteiger partial charge in [0, 0.05) is 19.6 Å². The number of nitrogens with one attached hydrogen (secondary N) is 1. The Balaban J connectivity index is 1.82. The molecule has 0 aliphatic carbocycles. The average Bonchev–Trinajstić information content (AvgIpc) is 2.45. The highest BCUT2D eigenvalue weighted by Gasteiger charge is 2.24. The summed E-state index contributed by atoms with van der Waals surface area (Å²) in [6.07, 6.45) is 2.23. The lowest BCUT2D eigenvalue weighted by atomic mass is 9.86. The number of urea groups is 1. The zero-order valence-electron chi connectivity index (χ0n) is 13.0. The molecule has 1 aromatic carbocycles. The van der Waals surface area contributed by atoms with Gasteiger partial charge in [0.1, 0.15) is 0 Å². The second-order valence-electron chi connectivity index (χ2n) is 6.73. The minimum atomic E-state index is -0.373. The summed E-state index contributed by atoms with van der Waals surface area (Å²) >= 11 is 0. The van der Waals surface area contributed by atoms with Crippen LogP contribution in [0.5, 0.6) is 0 Å². The van der Waals surface area contributed by atoms with Crippen molar-refractivity contribution in [2.24, 2.45) is 5.41 Å². The molecule has 0 saturated carbocycles. The van der Waals surface area contributed by atoms with Crippen LogP contribution >= 0.6 is 0 Å². The Labute approximate surface area is 127 Å². The van der Waals surface area contributed by atoms with E-state index in [0.717, 1.165) is 25.8 Å². The molecule has 4 nitrogen and oxygen atoms in total. The highest BCUT2D eigenvalue weighted by molar-refractivity contribution is 5.74. The molecule has 1 atom stereocenters. The molecular formula is C17H26N2O2. The number of carbonyl (C=O) groups excluding carboxylic acids is 1. The number of hydrogen-bond acceptors (Lipinski definition) is 2. The zero-order valence-corrected chi connectivity index (χ0v) is 13.0. The van der Waals surface area contributed by atoms with Crippen LogP contribution < -0.4 is 5.32 Å². The second-order valence-corrected chi connectivity index (χ2v) is 6.73. The number of likely N-dealkylation sites (tertiary alicyclic amines) is 1. The van der Waals surface area contributed by atoms with Crippen LogP contribution in [0, 0.1) is 5.41 Å². The smallest absolute Gasteiger partial charge is 0.317 e. The fourth-order valence-corrected chi connectivity index (χ4v) is 2.78. The summed E-state index contributed by atoms with van der Waals surface area (Å²) in [5.41, 5.74) is 1.29. The van der Waals surface area contributed by atoms with Gasteiger partial charge in [-0.05, 0) is 30.2 Å². The van der Waals surface area contributed by atoms with Crippen LogP contribution in [0.2, 0.25) is 0 Å². The fraction of sp³-hybridized carbons (Fsp3) is 0.588. The predicted molar refractivity (Wildman–Crippen MR) is 84.1 cm³/mol. The first-order valence-corrected chi connectivity index (χ1v) is 7.71. The number of aliphatic hydroxyl groups is 1. The number of rotatable bonds is 4. The molecule has 2 amide bonds. The molecule has 0 bridgehead atoms. The van der Waals surface area contributed by atoms with Gasteiger partial charge in [0.05, 0.1) is 6.10 Å². The summed E-state index contributed by atoms with van der Waals surface area (Å²) in [7, 11) is 0. The van der Waals surface area contributed by atoms with E-state index in [4.69, 9.17) is 0 Å². The highest BCUT2D eigenvalue weighted by Crippen LogP contribution is 2.21. The van der Waals surface area contributed by atoms with Crippen LogP contribution in [-0.2, 0) is 6.42 Å². The second kappa shape index (κ2) is 6.94. The van der Waals surface area contributed by atoms with Crippen molar-refractivity contribution < 1.29 is 9.90 Å². The SMILES string of the molecule is CC(C)(CNC(=O)N1CCCC(O)C1)Cc1ccccc1. The van der Waals surface area contributed by atoms with Crippen LogP contribution in [0.1, 0.15) is 32.3 Å². The van der Waals surface area contributed by atoms with Crippen molar-refractivity contribution in [1.29, 1.82) is 0 Å². The lowest BCUT2D eigenvalue weighted by Crippen LogP contribution is -2.49. The molecule has 1 aliphatic heterocycles. The van der Waals surface area contributed by atoms with Crippen molar-refractivity contribution in [1.82, 2.24) is 10.2 Å². The fourth-order valence-electron chi connectivity index (χ4n) is 2.78. The molecule has 0 aromatic heterocycles. The van der Waals surface area contributed by atoms with E-state index < -0.39 is 0 Å². The Kier molecular flexibility index (Phi) is 5.23. The number of β-amino-alcohol motifs (C(OH)–C–C–N with tert-alkyl or cyclic N) is 1. The van der Waals surface area contributed by atoms with Crippen LogP contribution in [0.15, 0.2) is 30.3 Å². The standard InChI is InChI=1S/C17H26N2O2/c1-17(2,11-14-7-4-3-5-8-14)13-18-16(21)19-10-6-9-15(20)12-19/h3-5,7-8,15,20H,6,9-13H2,1-2H3,(H,18,21). The van der Waals surface area contributed by atoms with Crippen LogP contribution in [0.4, 0.5) is 4.79 Å². The molecule has 0 spiro atoms. The number of hydrogen-bond donors (Lipinski definition) is 2. The van der Waals surface area contributed by atoms with E-state index in [0.29, 0.717) is 13.1 Å². The maximum atomic E-state index is 12.1. The number of nitrogens with zero attached hydrogens (tertiary/aromatic N) is 1. The quantitative estimate of drug-likeness (QED) is 0.895. The van der Waals surface area contributed by atoms with Gasteiger partial charge < -0.3 is 15.3 Å². The van der Waals surface area contributed by atoms with Crippen molar-refractivity contribution >= 4 is 6.03 Å². The molecule has 21 heavy (non-hydrogen) atoms. The van der Waals surface area contributed by atoms with E-state index in [1.807, 2.05) is 18.2 Å². The monoisotopic (exact) mass is 290 g/mol. The molecule has 1 aromatic rings. The molecule has 1 aliphatic rings. The van der Waals surface area contributed by atoms with Crippen molar-refractivity contribution in [3.05, 3.63) is 35.9 Å². The van der Waals surface area contributed by atoms with Crippen LogP contribution in [0.25, 0.3) is 0 Å². The summed E-state index contributed by atoms with van der Waals surface area (Å²) in [5.74, 6) is 0. The average molecular weight is 290 g/mol. The normalized spacial score (nSPS) is 19.4. The molecule has 1 saturated heterocycles. The molecule has 116 valence electrons. The Morgan fingerprint density at radius 3 is 2.76 bits per heavy atom. The Bertz CT molecular complexity index is 459.